The van der Waals surface area contributed by atoms with Crippen LogP contribution in [0.3, 0.4) is 0 Å². The lowest BCUT2D eigenvalue weighted by molar-refractivity contribution is 0.598. The molecule has 1 heterocycles. The maximum absolute atomic E-state index is 13.4. The fraction of sp³-hybridized carbons (Fsp3) is 0. The normalized spacial score (nSPS) is 11.3. The summed E-state index contributed by atoms with van der Waals surface area (Å²) in [6, 6.07) is 6.73. The van der Waals surface area contributed by atoms with Gasteiger partial charge in [-0.05, 0) is 34.1 Å². The number of hydrogen-bond donors (Lipinski definition) is 1. The third-order valence-corrected chi connectivity index (χ3v) is 4.41. The number of sulfonamides is 1. The Morgan fingerprint density at radius 1 is 1.32 bits per heavy atom. The second-order valence-electron chi connectivity index (χ2n) is 3.53. The van der Waals surface area contributed by atoms with E-state index >= 15 is 0 Å². The summed E-state index contributed by atoms with van der Waals surface area (Å²) in [7, 11) is -4.00. The Bertz CT molecular complexity index is 724. The predicted octanol–water partition coefficient (Wildman–Crippen LogP) is 3.44. The Morgan fingerprint density at radius 2 is 2.00 bits per heavy atom. The highest BCUT2D eigenvalue weighted by molar-refractivity contribution is 9.10. The van der Waals surface area contributed by atoms with Gasteiger partial charge < -0.3 is 0 Å². The zero-order chi connectivity index (χ0) is 14.0. The maximum atomic E-state index is 13.4. The molecule has 100 valence electrons. The molecule has 0 atom stereocenters. The van der Waals surface area contributed by atoms with Gasteiger partial charge in [0.2, 0.25) is 0 Å². The van der Waals surface area contributed by atoms with Crippen molar-refractivity contribution in [2.75, 3.05) is 4.72 Å². The van der Waals surface area contributed by atoms with E-state index in [9.17, 15) is 12.8 Å². The summed E-state index contributed by atoms with van der Waals surface area (Å²) in [5.41, 5.74) is -0.154. The second kappa shape index (κ2) is 5.44. The predicted molar refractivity (Wildman–Crippen MR) is 74.2 cm³/mol. The summed E-state index contributed by atoms with van der Waals surface area (Å²) in [6.07, 6.45) is 1.37. The van der Waals surface area contributed by atoms with Gasteiger partial charge in [0, 0.05) is 10.7 Å². The molecular formula is C11H7BrClFN2O2S. The average Bonchev–Trinajstić information content (AvgIpc) is 2.35. The van der Waals surface area contributed by atoms with Crippen molar-refractivity contribution in [2.24, 2.45) is 0 Å². The van der Waals surface area contributed by atoms with Gasteiger partial charge in [-0.3, -0.25) is 4.72 Å². The van der Waals surface area contributed by atoms with E-state index in [1.54, 1.807) is 0 Å². The first-order valence-corrected chi connectivity index (χ1v) is 7.64. The van der Waals surface area contributed by atoms with Crippen LogP contribution in [0.2, 0.25) is 5.15 Å². The average molecular weight is 366 g/mol. The molecule has 0 aliphatic heterocycles. The Kier molecular flexibility index (Phi) is 4.07. The molecule has 0 saturated heterocycles. The minimum Gasteiger partial charge on any atom is -0.277 e. The summed E-state index contributed by atoms with van der Waals surface area (Å²) < 4.78 is 40.2. The van der Waals surface area contributed by atoms with Crippen molar-refractivity contribution in [3.05, 3.63) is 52.0 Å². The van der Waals surface area contributed by atoms with Crippen molar-refractivity contribution >= 4 is 43.2 Å². The minimum atomic E-state index is -4.00. The number of nitrogens with one attached hydrogen (secondary N) is 1. The first-order valence-electron chi connectivity index (χ1n) is 4.98. The summed E-state index contributed by atoms with van der Waals surface area (Å²) in [5.74, 6) is -0.676. The number of anilines is 1. The number of rotatable bonds is 3. The molecule has 0 amide bonds. The number of pyridine rings is 1. The summed E-state index contributed by atoms with van der Waals surface area (Å²) in [4.78, 5) is 3.48. The summed E-state index contributed by atoms with van der Waals surface area (Å²) >= 11 is 8.84. The van der Waals surface area contributed by atoms with Crippen molar-refractivity contribution in [3.63, 3.8) is 0 Å². The SMILES string of the molecule is O=S(=O)(Nc1ccccc1F)c1cc(Br)cnc1Cl. The summed E-state index contributed by atoms with van der Waals surface area (Å²) in [5, 5.41) is -0.188. The van der Waals surface area contributed by atoms with Crippen molar-refractivity contribution in [2.45, 2.75) is 4.90 Å². The topological polar surface area (TPSA) is 59.1 Å². The van der Waals surface area contributed by atoms with Gasteiger partial charge in [-0.15, -0.1) is 0 Å². The van der Waals surface area contributed by atoms with Crippen LogP contribution >= 0.6 is 27.5 Å². The molecule has 8 heteroatoms. The van der Waals surface area contributed by atoms with Crippen LogP contribution in [0.5, 0.6) is 0 Å². The fourth-order valence-electron chi connectivity index (χ4n) is 1.34. The van der Waals surface area contributed by atoms with Gasteiger partial charge in [0.05, 0.1) is 5.69 Å². The van der Waals surface area contributed by atoms with Crippen molar-refractivity contribution in [1.82, 2.24) is 4.98 Å². The van der Waals surface area contributed by atoms with Gasteiger partial charge in [0.15, 0.2) is 0 Å². The second-order valence-corrected chi connectivity index (χ2v) is 6.45. The number of nitrogens with zero attached hydrogens (tertiary/aromatic N) is 1. The Labute approximate surface area is 122 Å². The van der Waals surface area contributed by atoms with Gasteiger partial charge in [-0.1, -0.05) is 23.7 Å². The number of hydrogen-bond acceptors (Lipinski definition) is 3. The number of halogens is 3. The van der Waals surface area contributed by atoms with E-state index in [0.29, 0.717) is 4.47 Å². The molecule has 0 bridgehead atoms. The molecule has 0 aliphatic rings. The lowest BCUT2D eigenvalue weighted by atomic mass is 10.3. The maximum Gasteiger partial charge on any atom is 0.265 e. The first kappa shape index (κ1) is 14.2. The van der Waals surface area contributed by atoms with Crippen LogP contribution in [0, 0.1) is 5.82 Å². The molecule has 1 aromatic heterocycles. The molecule has 1 aromatic carbocycles. The first-order chi connectivity index (χ1) is 8.90. The van der Waals surface area contributed by atoms with Gasteiger partial charge >= 0.3 is 0 Å². The zero-order valence-electron chi connectivity index (χ0n) is 9.27. The molecule has 0 saturated carbocycles. The number of para-hydroxylation sites is 1. The van der Waals surface area contributed by atoms with E-state index in [0.717, 1.165) is 6.07 Å². The molecule has 0 radical (unpaired) electrons. The van der Waals surface area contributed by atoms with Crippen molar-refractivity contribution in [1.29, 1.82) is 0 Å². The molecule has 0 spiro atoms. The smallest absolute Gasteiger partial charge is 0.265 e. The third kappa shape index (κ3) is 3.23. The minimum absolute atomic E-state index is 0.154. The molecule has 1 N–H and O–H groups in total. The lowest BCUT2D eigenvalue weighted by Crippen LogP contribution is -2.14. The van der Waals surface area contributed by atoms with Crippen LogP contribution < -0.4 is 4.72 Å². The molecule has 0 fully saturated rings. The largest absolute Gasteiger partial charge is 0.277 e. The van der Waals surface area contributed by atoms with Crippen LogP contribution in [0.4, 0.5) is 10.1 Å². The van der Waals surface area contributed by atoms with Gasteiger partial charge in [0.1, 0.15) is 15.9 Å². The van der Waals surface area contributed by atoms with Gasteiger partial charge in [-0.25, -0.2) is 17.8 Å². The third-order valence-electron chi connectivity index (χ3n) is 2.18. The van der Waals surface area contributed by atoms with E-state index in [4.69, 9.17) is 11.6 Å². The highest BCUT2D eigenvalue weighted by Gasteiger charge is 2.20. The molecule has 2 aromatic rings. The Hall–Kier alpha value is -1.18. The van der Waals surface area contributed by atoms with Crippen LogP contribution in [0.15, 0.2) is 45.9 Å². The molecule has 2 rings (SSSR count). The van der Waals surface area contributed by atoms with E-state index < -0.39 is 15.8 Å². The van der Waals surface area contributed by atoms with Crippen LogP contribution in [0.1, 0.15) is 0 Å². The fourth-order valence-corrected chi connectivity index (χ4v) is 3.35. The van der Waals surface area contributed by atoms with Gasteiger partial charge in [-0.2, -0.15) is 0 Å². The zero-order valence-corrected chi connectivity index (χ0v) is 12.4. The van der Waals surface area contributed by atoms with Crippen LogP contribution in [-0.2, 0) is 10.0 Å². The lowest BCUT2D eigenvalue weighted by Gasteiger charge is -2.09. The molecule has 0 aliphatic carbocycles. The quantitative estimate of drug-likeness (QED) is 0.848. The Morgan fingerprint density at radius 3 is 2.68 bits per heavy atom. The highest BCUT2D eigenvalue weighted by Crippen LogP contribution is 2.25. The highest BCUT2D eigenvalue weighted by atomic mass is 79.9. The summed E-state index contributed by atoms with van der Waals surface area (Å²) in [6.45, 7) is 0. The van der Waals surface area contributed by atoms with E-state index in [2.05, 4.69) is 25.6 Å². The molecule has 0 unspecified atom stereocenters. The number of aromatic nitrogens is 1. The van der Waals surface area contributed by atoms with E-state index in [-0.39, 0.29) is 15.7 Å². The standard InChI is InChI=1S/C11H7BrClFN2O2S/c12-7-5-10(11(13)15-6-7)19(17,18)16-9-4-2-1-3-8(9)14/h1-6,16H. The number of benzene rings is 1. The van der Waals surface area contributed by atoms with E-state index in [1.807, 2.05) is 0 Å². The van der Waals surface area contributed by atoms with Crippen LogP contribution in [-0.4, -0.2) is 13.4 Å². The van der Waals surface area contributed by atoms with Crippen molar-refractivity contribution in [3.8, 4) is 0 Å². The van der Waals surface area contributed by atoms with Crippen LogP contribution in [0.25, 0.3) is 0 Å². The van der Waals surface area contributed by atoms with E-state index in [1.165, 1.54) is 30.5 Å². The molecule has 4 nitrogen and oxygen atoms in total. The van der Waals surface area contributed by atoms with Gasteiger partial charge in [0.25, 0.3) is 10.0 Å². The molecule has 19 heavy (non-hydrogen) atoms. The van der Waals surface area contributed by atoms with Crippen molar-refractivity contribution < 1.29 is 12.8 Å². The monoisotopic (exact) mass is 364 g/mol. The Balaban J connectivity index is 2.44. The molecular weight excluding hydrogens is 359 g/mol.